The van der Waals surface area contributed by atoms with E-state index in [0.717, 1.165) is 57.8 Å². The van der Waals surface area contributed by atoms with Gasteiger partial charge in [-0.2, -0.15) is 0 Å². The van der Waals surface area contributed by atoms with Gasteiger partial charge in [-0.1, -0.05) is 60.1 Å². The van der Waals surface area contributed by atoms with Gasteiger partial charge >= 0.3 is 5.97 Å². The molecule has 0 bridgehead atoms. The van der Waals surface area contributed by atoms with Crippen LogP contribution in [0, 0.1) is 50.2 Å². The van der Waals surface area contributed by atoms with Crippen molar-refractivity contribution in [1.29, 1.82) is 0 Å². The Labute approximate surface area is 206 Å². The predicted molar refractivity (Wildman–Crippen MR) is 134 cm³/mol. The van der Waals surface area contributed by atoms with Crippen LogP contribution < -0.4 is 0 Å². The topological polar surface area (TPSA) is 77.8 Å². The van der Waals surface area contributed by atoms with Gasteiger partial charge in [0.05, 0.1) is 17.6 Å². The normalized spacial score (nSPS) is 53.4. The van der Waals surface area contributed by atoms with Gasteiger partial charge in [0.2, 0.25) is 0 Å². The maximum atomic E-state index is 12.8. The number of aliphatic hydroxyl groups excluding tert-OH is 2. The van der Waals surface area contributed by atoms with Crippen LogP contribution in [0.1, 0.15) is 106 Å². The molecule has 0 aromatic heterocycles. The van der Waals surface area contributed by atoms with Crippen molar-refractivity contribution in [1.82, 2.24) is 0 Å². The molecule has 0 aliphatic heterocycles. The number of hydrogen-bond donors (Lipinski definition) is 3. The number of carbonyl (C=O) groups is 1. The summed E-state index contributed by atoms with van der Waals surface area (Å²) in [5.74, 6) is 0.0731. The largest absolute Gasteiger partial charge is 0.481 e. The van der Waals surface area contributed by atoms with Crippen molar-refractivity contribution in [3.63, 3.8) is 0 Å². The first kappa shape index (κ1) is 24.8. The van der Waals surface area contributed by atoms with Crippen molar-refractivity contribution in [2.45, 2.75) is 118 Å². The van der Waals surface area contributed by atoms with Crippen LogP contribution in [0.5, 0.6) is 0 Å². The third-order valence-electron chi connectivity index (χ3n) is 13.1. The van der Waals surface area contributed by atoms with Gasteiger partial charge in [0.25, 0.3) is 0 Å². The average molecular weight is 473 g/mol. The van der Waals surface area contributed by atoms with Gasteiger partial charge in [0.15, 0.2) is 0 Å². The zero-order chi connectivity index (χ0) is 25.1. The van der Waals surface area contributed by atoms with Crippen LogP contribution in [-0.4, -0.2) is 33.5 Å². The van der Waals surface area contributed by atoms with E-state index < -0.39 is 17.5 Å². The standard InChI is InChI=1S/C30H48O4/c1-25(2)12-14-30(24(33)34)15-13-28(6)18(19(30)17-25)8-9-20-27(5)11-10-22(31)26(3,4)21(27)16-23(32)29(20,28)7/h8,19-23,31-32H,9-17H2,1-7H3,(H,33,34)/t19-,20+,21+,22-,23+,27+,28+,29-,30-/m0/s1. The maximum absolute atomic E-state index is 12.8. The highest BCUT2D eigenvalue weighted by molar-refractivity contribution is 5.76. The predicted octanol–water partition coefficient (Wildman–Crippen LogP) is 6.20. The van der Waals surface area contributed by atoms with E-state index in [4.69, 9.17) is 0 Å². The molecular weight excluding hydrogens is 424 g/mol. The minimum absolute atomic E-state index is 0.0626. The molecule has 5 aliphatic rings. The molecule has 9 atom stereocenters. The summed E-state index contributed by atoms with van der Waals surface area (Å²) < 4.78 is 0. The summed E-state index contributed by atoms with van der Waals surface area (Å²) in [4.78, 5) is 12.8. The summed E-state index contributed by atoms with van der Waals surface area (Å²) in [6, 6.07) is 0. The fourth-order valence-electron chi connectivity index (χ4n) is 10.6. The summed E-state index contributed by atoms with van der Waals surface area (Å²) in [5, 5.41) is 33.4. The zero-order valence-electron chi connectivity index (χ0n) is 22.6. The smallest absolute Gasteiger partial charge is 0.310 e. The van der Waals surface area contributed by atoms with Crippen molar-refractivity contribution >= 4 is 5.97 Å². The third-order valence-corrected chi connectivity index (χ3v) is 13.1. The lowest BCUT2D eigenvalue weighted by molar-refractivity contribution is -0.244. The van der Waals surface area contributed by atoms with Crippen molar-refractivity contribution in [2.75, 3.05) is 0 Å². The molecule has 5 aliphatic carbocycles. The van der Waals surface area contributed by atoms with E-state index in [9.17, 15) is 20.1 Å². The van der Waals surface area contributed by atoms with Crippen LogP contribution in [0.4, 0.5) is 0 Å². The molecule has 0 amide bonds. The second-order valence-corrected chi connectivity index (χ2v) is 15.1. The van der Waals surface area contributed by atoms with E-state index in [1.807, 2.05) is 0 Å². The van der Waals surface area contributed by atoms with Gasteiger partial charge in [0, 0.05) is 5.41 Å². The number of carboxylic acids is 1. The number of allylic oxidation sites excluding steroid dienone is 2. The van der Waals surface area contributed by atoms with E-state index in [1.54, 1.807) is 0 Å². The maximum Gasteiger partial charge on any atom is 0.310 e. The van der Waals surface area contributed by atoms with Gasteiger partial charge in [-0.05, 0) is 97.2 Å². The van der Waals surface area contributed by atoms with Crippen molar-refractivity contribution < 1.29 is 20.1 Å². The number of fused-ring (bicyclic) bond motifs is 7. The Hall–Kier alpha value is -0.870. The molecule has 5 rings (SSSR count). The van der Waals surface area contributed by atoms with E-state index in [-0.39, 0.29) is 45.0 Å². The fraction of sp³-hybridized carbons (Fsp3) is 0.900. The average Bonchev–Trinajstić information content (AvgIpc) is 2.74. The quantitative estimate of drug-likeness (QED) is 0.397. The minimum Gasteiger partial charge on any atom is -0.481 e. The van der Waals surface area contributed by atoms with Gasteiger partial charge in [-0.15, -0.1) is 0 Å². The van der Waals surface area contributed by atoms with Crippen LogP contribution in [0.3, 0.4) is 0 Å². The summed E-state index contributed by atoms with van der Waals surface area (Å²) in [7, 11) is 0. The lowest BCUT2D eigenvalue weighted by Crippen LogP contribution is -2.69. The molecule has 192 valence electrons. The molecule has 0 unspecified atom stereocenters. The molecule has 0 heterocycles. The van der Waals surface area contributed by atoms with E-state index in [1.165, 1.54) is 5.57 Å². The Morgan fingerprint density at radius 2 is 1.53 bits per heavy atom. The van der Waals surface area contributed by atoms with Crippen molar-refractivity contribution in [2.24, 2.45) is 50.2 Å². The molecule has 0 saturated heterocycles. The summed E-state index contributed by atoms with van der Waals surface area (Å²) in [5.41, 5.74) is 0.226. The lowest BCUT2D eigenvalue weighted by Gasteiger charge is -2.72. The lowest BCUT2D eigenvalue weighted by atomic mass is 9.33. The van der Waals surface area contributed by atoms with Crippen LogP contribution in [-0.2, 0) is 4.79 Å². The van der Waals surface area contributed by atoms with Crippen molar-refractivity contribution in [3.05, 3.63) is 11.6 Å². The van der Waals surface area contributed by atoms with Crippen LogP contribution in [0.15, 0.2) is 11.6 Å². The van der Waals surface area contributed by atoms with Crippen LogP contribution in [0.25, 0.3) is 0 Å². The Balaban J connectivity index is 1.63. The number of carboxylic acid groups (broad SMARTS) is 1. The zero-order valence-corrected chi connectivity index (χ0v) is 22.6. The molecule has 4 fully saturated rings. The Morgan fingerprint density at radius 3 is 2.18 bits per heavy atom. The van der Waals surface area contributed by atoms with Gasteiger partial charge in [0.1, 0.15) is 0 Å². The highest BCUT2D eigenvalue weighted by Crippen LogP contribution is 2.75. The summed E-state index contributed by atoms with van der Waals surface area (Å²) >= 11 is 0. The first-order chi connectivity index (χ1) is 15.6. The van der Waals surface area contributed by atoms with E-state index >= 15 is 0 Å². The molecule has 0 radical (unpaired) electrons. The van der Waals surface area contributed by atoms with Gasteiger partial charge in [-0.3, -0.25) is 4.79 Å². The minimum atomic E-state index is -0.646. The third kappa shape index (κ3) is 2.82. The SMILES string of the molecule is CC1(C)CC[C@]2(C(=O)O)CC[C@]3(C)C(=CC[C@@H]4[C@@]5(C)CC[C@H](O)C(C)(C)[C@H]5C[C@@H](O)[C@]43C)[C@@H]2C1. The molecule has 0 aromatic carbocycles. The Morgan fingerprint density at radius 1 is 0.882 bits per heavy atom. The highest BCUT2D eigenvalue weighted by Gasteiger charge is 2.71. The second-order valence-electron chi connectivity index (χ2n) is 15.1. The summed E-state index contributed by atoms with van der Waals surface area (Å²) in [6.45, 7) is 16.2. The molecule has 4 saturated carbocycles. The number of aliphatic hydroxyl groups is 2. The van der Waals surface area contributed by atoms with E-state index in [0.29, 0.717) is 5.92 Å². The van der Waals surface area contributed by atoms with Crippen LogP contribution in [0.2, 0.25) is 0 Å². The number of rotatable bonds is 1. The molecule has 0 spiro atoms. The second kappa shape index (κ2) is 7.12. The van der Waals surface area contributed by atoms with E-state index in [2.05, 4.69) is 54.5 Å². The first-order valence-electron chi connectivity index (χ1n) is 13.9. The van der Waals surface area contributed by atoms with Crippen molar-refractivity contribution in [3.8, 4) is 0 Å². The summed E-state index contributed by atoms with van der Waals surface area (Å²) in [6.07, 6.45) is 9.41. The molecule has 34 heavy (non-hydrogen) atoms. The first-order valence-corrected chi connectivity index (χ1v) is 13.9. The van der Waals surface area contributed by atoms with Gasteiger partial charge < -0.3 is 15.3 Å². The van der Waals surface area contributed by atoms with Crippen LogP contribution >= 0.6 is 0 Å². The number of aliphatic carboxylic acids is 1. The fourth-order valence-corrected chi connectivity index (χ4v) is 10.6. The molecule has 0 aromatic rings. The molecule has 4 nitrogen and oxygen atoms in total. The van der Waals surface area contributed by atoms with Gasteiger partial charge in [-0.25, -0.2) is 0 Å². The molecular formula is C30H48O4. The molecule has 4 heteroatoms. The highest BCUT2D eigenvalue weighted by atomic mass is 16.4. The molecule has 3 N–H and O–H groups in total. The Kier molecular flexibility index (Phi) is 5.20. The monoisotopic (exact) mass is 472 g/mol. The number of hydrogen-bond acceptors (Lipinski definition) is 3. The Bertz CT molecular complexity index is 919.